The maximum absolute atomic E-state index is 13.4. The molecule has 0 saturated carbocycles. The summed E-state index contributed by atoms with van der Waals surface area (Å²) in [7, 11) is 1.56. The average molecular weight is 453 g/mol. The number of hydrogen-bond donors (Lipinski definition) is 1. The summed E-state index contributed by atoms with van der Waals surface area (Å²) in [6.45, 7) is 1.89. The fourth-order valence-corrected chi connectivity index (χ4v) is 3.62. The molecule has 31 heavy (non-hydrogen) atoms. The predicted molar refractivity (Wildman–Crippen MR) is 124 cm³/mol. The lowest BCUT2D eigenvalue weighted by atomic mass is 10.0. The van der Waals surface area contributed by atoms with Gasteiger partial charge in [0.1, 0.15) is 11.4 Å². The molecule has 0 aliphatic carbocycles. The topological polar surface area (TPSA) is 58.6 Å². The highest BCUT2D eigenvalue weighted by Gasteiger charge is 2.40. The second-order valence-electron chi connectivity index (χ2n) is 6.99. The van der Waals surface area contributed by atoms with E-state index in [-0.39, 0.29) is 11.3 Å². The van der Waals surface area contributed by atoms with Crippen LogP contribution in [-0.4, -0.2) is 18.9 Å². The van der Waals surface area contributed by atoms with Gasteiger partial charge < -0.3 is 10.1 Å². The number of methoxy groups -OCH3 is 1. The van der Waals surface area contributed by atoms with E-state index in [1.165, 1.54) is 0 Å². The van der Waals surface area contributed by atoms with E-state index in [0.717, 1.165) is 10.5 Å². The molecule has 5 nitrogen and oxygen atoms in total. The van der Waals surface area contributed by atoms with Gasteiger partial charge in [0.05, 0.1) is 18.4 Å². The highest BCUT2D eigenvalue weighted by molar-refractivity contribution is 6.46. The molecular formula is C24H18Cl2N2O3. The Labute approximate surface area is 189 Å². The summed E-state index contributed by atoms with van der Waals surface area (Å²) in [6.07, 6.45) is 0. The van der Waals surface area contributed by atoms with Crippen LogP contribution in [0, 0.1) is 6.92 Å². The van der Waals surface area contributed by atoms with Crippen molar-refractivity contribution in [3.8, 4) is 5.75 Å². The van der Waals surface area contributed by atoms with Gasteiger partial charge in [0.25, 0.3) is 11.8 Å². The van der Waals surface area contributed by atoms with E-state index in [9.17, 15) is 9.59 Å². The number of imide groups is 1. The summed E-state index contributed by atoms with van der Waals surface area (Å²) in [4.78, 5) is 27.9. The molecule has 1 aliphatic rings. The summed E-state index contributed by atoms with van der Waals surface area (Å²) in [5.74, 6) is -0.247. The molecule has 2 amide bonds. The van der Waals surface area contributed by atoms with Gasteiger partial charge in [-0.3, -0.25) is 9.59 Å². The molecule has 1 aliphatic heterocycles. The molecule has 0 saturated heterocycles. The Kier molecular flexibility index (Phi) is 5.72. The van der Waals surface area contributed by atoms with Crippen molar-refractivity contribution in [1.82, 2.24) is 0 Å². The Morgan fingerprint density at radius 2 is 1.55 bits per heavy atom. The lowest BCUT2D eigenvalue weighted by molar-refractivity contribution is -0.120. The second-order valence-corrected chi connectivity index (χ2v) is 7.83. The Morgan fingerprint density at radius 3 is 2.16 bits per heavy atom. The molecule has 3 aromatic carbocycles. The zero-order chi connectivity index (χ0) is 22.1. The third kappa shape index (κ3) is 4.02. The van der Waals surface area contributed by atoms with Crippen molar-refractivity contribution in [2.45, 2.75) is 6.92 Å². The summed E-state index contributed by atoms with van der Waals surface area (Å²) < 4.78 is 5.21. The Hall–Kier alpha value is -3.28. The van der Waals surface area contributed by atoms with Crippen LogP contribution in [0.3, 0.4) is 0 Å². The van der Waals surface area contributed by atoms with Crippen LogP contribution in [0.25, 0.3) is 5.57 Å². The van der Waals surface area contributed by atoms with Crippen molar-refractivity contribution in [1.29, 1.82) is 0 Å². The molecule has 156 valence electrons. The van der Waals surface area contributed by atoms with Gasteiger partial charge in [0.2, 0.25) is 0 Å². The number of halogens is 2. The molecule has 0 bridgehead atoms. The quantitative estimate of drug-likeness (QED) is 0.503. The van der Waals surface area contributed by atoms with Gasteiger partial charge in [0.15, 0.2) is 0 Å². The van der Waals surface area contributed by atoms with Crippen molar-refractivity contribution in [3.05, 3.63) is 93.6 Å². The van der Waals surface area contributed by atoms with Crippen LogP contribution in [0.15, 0.2) is 72.4 Å². The Bertz CT molecular complexity index is 1200. The van der Waals surface area contributed by atoms with E-state index in [2.05, 4.69) is 5.32 Å². The molecule has 0 radical (unpaired) electrons. The molecule has 0 aromatic heterocycles. The van der Waals surface area contributed by atoms with Crippen molar-refractivity contribution >= 4 is 52.0 Å². The van der Waals surface area contributed by atoms with E-state index < -0.39 is 11.8 Å². The number of amides is 2. The Balaban J connectivity index is 1.81. The summed E-state index contributed by atoms with van der Waals surface area (Å²) in [6, 6.07) is 18.9. The number of rotatable bonds is 5. The van der Waals surface area contributed by atoms with Crippen LogP contribution < -0.4 is 15.0 Å². The first-order valence-electron chi connectivity index (χ1n) is 9.45. The molecule has 0 fully saturated rings. The third-order valence-electron chi connectivity index (χ3n) is 4.99. The lowest BCUT2D eigenvalue weighted by Gasteiger charge is -2.15. The molecule has 0 atom stereocenters. The SMILES string of the molecule is COc1ccc(C2=C(Nc3ccc(C)c(Cl)c3)C(=O)N(c3ccc(Cl)cc3)C2=O)cc1. The zero-order valence-electron chi connectivity index (χ0n) is 16.8. The van der Waals surface area contributed by atoms with Crippen molar-refractivity contribution in [3.63, 3.8) is 0 Å². The number of aryl methyl sites for hydroxylation is 1. The van der Waals surface area contributed by atoms with Crippen LogP contribution in [0.1, 0.15) is 11.1 Å². The Morgan fingerprint density at radius 1 is 0.871 bits per heavy atom. The number of nitrogens with zero attached hydrogens (tertiary/aromatic N) is 1. The second kappa shape index (κ2) is 8.46. The molecule has 3 aromatic rings. The monoisotopic (exact) mass is 452 g/mol. The number of anilines is 2. The van der Waals surface area contributed by atoms with Gasteiger partial charge in [-0.25, -0.2) is 4.90 Å². The first kappa shape index (κ1) is 21.0. The van der Waals surface area contributed by atoms with Crippen molar-refractivity contribution in [2.75, 3.05) is 17.3 Å². The normalized spacial score (nSPS) is 13.7. The van der Waals surface area contributed by atoms with Crippen molar-refractivity contribution < 1.29 is 14.3 Å². The molecule has 0 unspecified atom stereocenters. The first-order valence-corrected chi connectivity index (χ1v) is 10.2. The fourth-order valence-electron chi connectivity index (χ4n) is 3.31. The van der Waals surface area contributed by atoms with E-state index in [1.807, 2.05) is 19.1 Å². The zero-order valence-corrected chi connectivity index (χ0v) is 18.3. The van der Waals surface area contributed by atoms with Gasteiger partial charge in [0, 0.05) is 15.7 Å². The number of ether oxygens (including phenoxy) is 1. The summed E-state index contributed by atoms with van der Waals surface area (Å²) >= 11 is 12.2. The minimum Gasteiger partial charge on any atom is -0.497 e. The van der Waals surface area contributed by atoms with Gasteiger partial charge in [-0.15, -0.1) is 0 Å². The minimum atomic E-state index is -0.463. The molecular weight excluding hydrogens is 435 g/mol. The smallest absolute Gasteiger partial charge is 0.282 e. The van der Waals surface area contributed by atoms with Gasteiger partial charge >= 0.3 is 0 Å². The highest BCUT2D eigenvalue weighted by atomic mass is 35.5. The molecule has 7 heteroatoms. The van der Waals surface area contributed by atoms with E-state index >= 15 is 0 Å². The van der Waals surface area contributed by atoms with Crippen molar-refractivity contribution in [2.24, 2.45) is 0 Å². The summed E-state index contributed by atoms with van der Waals surface area (Å²) in [5, 5.41) is 4.17. The van der Waals surface area contributed by atoms with E-state index in [0.29, 0.717) is 32.7 Å². The van der Waals surface area contributed by atoms with Crippen LogP contribution in [0.5, 0.6) is 5.75 Å². The molecule has 1 heterocycles. The molecule has 4 rings (SSSR count). The van der Waals surface area contributed by atoms with E-state index in [1.54, 1.807) is 61.7 Å². The summed E-state index contributed by atoms with van der Waals surface area (Å²) in [5.41, 5.74) is 2.98. The highest BCUT2D eigenvalue weighted by Crippen LogP contribution is 2.35. The maximum Gasteiger partial charge on any atom is 0.282 e. The standard InChI is InChI=1S/C24H18Cl2N2O3/c1-14-3-8-17(13-20(14)26)27-22-21(15-4-11-19(31-2)12-5-15)23(29)28(24(22)30)18-9-6-16(25)7-10-18/h3-13,27H,1-2H3. The fraction of sp³-hybridized carbons (Fsp3) is 0.0833. The van der Waals surface area contributed by atoms with Crippen LogP contribution in [-0.2, 0) is 9.59 Å². The number of benzene rings is 3. The number of carbonyl (C=O) groups is 2. The number of carbonyl (C=O) groups excluding carboxylic acids is 2. The van der Waals surface area contributed by atoms with E-state index in [4.69, 9.17) is 27.9 Å². The lowest BCUT2D eigenvalue weighted by Crippen LogP contribution is -2.32. The largest absolute Gasteiger partial charge is 0.497 e. The molecule has 1 N–H and O–H groups in total. The van der Waals surface area contributed by atoms with Gasteiger partial charge in [-0.2, -0.15) is 0 Å². The van der Waals surface area contributed by atoms with Crippen LogP contribution in [0.4, 0.5) is 11.4 Å². The minimum absolute atomic E-state index is 0.171. The number of hydrogen-bond acceptors (Lipinski definition) is 4. The predicted octanol–water partition coefficient (Wildman–Crippen LogP) is 5.71. The van der Waals surface area contributed by atoms with Crippen LogP contribution >= 0.6 is 23.2 Å². The molecule has 0 spiro atoms. The van der Waals surface area contributed by atoms with Gasteiger partial charge in [-0.05, 0) is 66.6 Å². The first-order chi connectivity index (χ1) is 14.9. The van der Waals surface area contributed by atoms with Gasteiger partial charge in [-0.1, -0.05) is 41.4 Å². The third-order valence-corrected chi connectivity index (χ3v) is 5.65. The maximum atomic E-state index is 13.4. The number of nitrogens with one attached hydrogen (secondary N) is 1. The average Bonchev–Trinajstić information content (AvgIpc) is 3.01. The van der Waals surface area contributed by atoms with Crippen LogP contribution in [0.2, 0.25) is 10.0 Å².